The van der Waals surface area contributed by atoms with Crippen molar-refractivity contribution < 1.29 is 9.59 Å². The van der Waals surface area contributed by atoms with Crippen LogP contribution in [0.3, 0.4) is 0 Å². The maximum atomic E-state index is 12.1. The Kier molecular flexibility index (Phi) is 6.72. The molecule has 1 heterocycles. The molecule has 2 rings (SSSR count). The minimum Gasteiger partial charge on any atom is -0.494 e. The summed E-state index contributed by atoms with van der Waals surface area (Å²) < 4.78 is 2.63. The largest absolute Gasteiger partial charge is 0.494 e. The fourth-order valence-corrected chi connectivity index (χ4v) is 3.07. The van der Waals surface area contributed by atoms with Gasteiger partial charge in [-0.15, -0.1) is 0 Å². The van der Waals surface area contributed by atoms with Crippen LogP contribution < -0.4 is 5.56 Å². The van der Waals surface area contributed by atoms with Gasteiger partial charge in [0.05, 0.1) is 34.2 Å². The third-order valence-electron chi connectivity index (χ3n) is 4.37. The number of hydrogen-bond donors (Lipinski definition) is 2. The maximum absolute atomic E-state index is 12.1. The van der Waals surface area contributed by atoms with Crippen LogP contribution in [0.15, 0.2) is 21.4 Å². The van der Waals surface area contributed by atoms with Gasteiger partial charge in [-0.2, -0.15) is 0 Å². The topological polar surface area (TPSA) is 70.4 Å². The number of aromatic hydroxyl groups is 1. The van der Waals surface area contributed by atoms with Gasteiger partial charge in [-0.05, 0) is 44.3 Å². The first-order valence-corrected chi connectivity index (χ1v) is 9.23. The van der Waals surface area contributed by atoms with E-state index in [0.29, 0.717) is 13.1 Å². The zero-order valence-corrected chi connectivity index (χ0v) is 16.2. The molecule has 0 radical (unpaired) electrons. The number of likely N-dealkylation sites (N-methyl/N-ethyl adjacent to an activating group) is 1. The van der Waals surface area contributed by atoms with Gasteiger partial charge in [0.2, 0.25) is 5.88 Å². The molecule has 0 aromatic carbocycles. The van der Waals surface area contributed by atoms with Gasteiger partial charge in [-0.1, -0.05) is 11.6 Å². The molecule has 1 aromatic rings. The average molecular weight is 366 g/mol. The molecule has 0 amide bonds. The van der Waals surface area contributed by atoms with Gasteiger partial charge in [0.25, 0.3) is 5.56 Å². The van der Waals surface area contributed by atoms with Crippen LogP contribution in [0, 0.1) is 4.77 Å². The highest BCUT2D eigenvalue weighted by atomic mass is 32.1. The van der Waals surface area contributed by atoms with Gasteiger partial charge in [0.1, 0.15) is 5.56 Å². The molecule has 0 fully saturated rings. The van der Waals surface area contributed by atoms with Crippen molar-refractivity contribution in [2.75, 3.05) is 34.2 Å². The predicted molar refractivity (Wildman–Crippen MR) is 104 cm³/mol. The van der Waals surface area contributed by atoms with Crippen LogP contribution in [-0.4, -0.2) is 59.6 Å². The highest BCUT2D eigenvalue weighted by Gasteiger charge is 2.12. The number of nitrogens with zero attached hydrogens (tertiary/aromatic N) is 3. The van der Waals surface area contributed by atoms with E-state index < -0.39 is 5.56 Å². The van der Waals surface area contributed by atoms with Crippen molar-refractivity contribution in [3.8, 4) is 5.88 Å². The second kappa shape index (κ2) is 8.58. The highest BCUT2D eigenvalue weighted by Crippen LogP contribution is 2.22. The van der Waals surface area contributed by atoms with Crippen molar-refractivity contribution in [2.24, 2.45) is 4.99 Å². The first-order valence-electron chi connectivity index (χ1n) is 8.82. The number of H-pyrrole nitrogens is 1. The van der Waals surface area contributed by atoms with E-state index in [2.05, 4.69) is 37.2 Å². The predicted octanol–water partition coefficient (Wildman–Crippen LogP) is 2.63. The Morgan fingerprint density at radius 3 is 2.80 bits per heavy atom. The molecule has 6 nitrogen and oxygen atoms in total. The second-order valence-corrected chi connectivity index (χ2v) is 7.94. The molecule has 0 saturated carbocycles. The molecule has 7 heteroatoms. The van der Waals surface area contributed by atoms with Crippen LogP contribution in [0.25, 0.3) is 0 Å². The summed E-state index contributed by atoms with van der Waals surface area (Å²) in [5.41, 5.74) is 1.18. The normalized spacial score (nSPS) is 15.6. The third kappa shape index (κ3) is 5.93. The fourth-order valence-electron chi connectivity index (χ4n) is 2.80. The van der Waals surface area contributed by atoms with Crippen LogP contribution >= 0.6 is 12.2 Å². The molecule has 138 valence electrons. The Morgan fingerprint density at radius 2 is 2.16 bits per heavy atom. The summed E-state index contributed by atoms with van der Waals surface area (Å²) in [4.78, 5) is 19.0. The number of rotatable bonds is 7. The van der Waals surface area contributed by atoms with E-state index in [4.69, 9.17) is 12.2 Å². The first-order chi connectivity index (χ1) is 11.8. The molecule has 0 spiro atoms. The molecule has 2 N–H and O–H groups in total. The quantitative estimate of drug-likeness (QED) is 0.338. The molecule has 1 aliphatic rings. The van der Waals surface area contributed by atoms with Crippen molar-refractivity contribution in [3.05, 3.63) is 32.3 Å². The molecule has 0 atom stereocenters. The lowest BCUT2D eigenvalue weighted by Gasteiger charge is -2.22. The lowest BCUT2D eigenvalue weighted by Crippen LogP contribution is -2.36. The summed E-state index contributed by atoms with van der Waals surface area (Å²) in [6.45, 7) is 2.00. The Balaban J connectivity index is 2.15. The zero-order chi connectivity index (χ0) is 18.4. The molecule has 0 unspecified atom stereocenters. The number of aromatic amines is 1. The number of hydrogen-bond acceptors (Lipinski definition) is 4. The van der Waals surface area contributed by atoms with E-state index in [9.17, 15) is 9.90 Å². The average Bonchev–Trinajstić information content (AvgIpc) is 2.53. The van der Waals surface area contributed by atoms with Gasteiger partial charge >= 0.3 is 0 Å². The Morgan fingerprint density at radius 1 is 1.40 bits per heavy atom. The number of nitrogens with one attached hydrogen (secondary N) is 1. The van der Waals surface area contributed by atoms with Gasteiger partial charge in [-0.25, -0.2) is 0 Å². The summed E-state index contributed by atoms with van der Waals surface area (Å²) in [5, 5.41) is 10.5. The first kappa shape index (κ1) is 19.6. The maximum Gasteiger partial charge on any atom is 0.264 e. The Bertz CT molecular complexity index is 769. The van der Waals surface area contributed by atoms with Gasteiger partial charge < -0.3 is 9.59 Å². The minimum atomic E-state index is -0.398. The van der Waals surface area contributed by atoms with Crippen LogP contribution in [0.2, 0.25) is 0 Å². The summed E-state index contributed by atoms with van der Waals surface area (Å²) in [6, 6.07) is 0. The monoisotopic (exact) mass is 365 g/mol. The summed E-state index contributed by atoms with van der Waals surface area (Å²) in [7, 11) is 6.25. The van der Waals surface area contributed by atoms with Crippen LogP contribution in [-0.2, 0) is 6.54 Å². The van der Waals surface area contributed by atoms with Gasteiger partial charge in [0, 0.05) is 12.8 Å². The van der Waals surface area contributed by atoms with E-state index in [1.807, 2.05) is 0 Å². The molecular formula is C18H29N4O2S+. The van der Waals surface area contributed by atoms with E-state index in [-0.39, 0.29) is 16.2 Å². The lowest BCUT2D eigenvalue weighted by atomic mass is 9.97. The summed E-state index contributed by atoms with van der Waals surface area (Å²) in [6.07, 6.45) is 9.28. The van der Waals surface area contributed by atoms with Crippen molar-refractivity contribution in [1.29, 1.82) is 0 Å². The van der Waals surface area contributed by atoms with E-state index >= 15 is 0 Å². The zero-order valence-electron chi connectivity index (χ0n) is 15.4. The smallest absolute Gasteiger partial charge is 0.264 e. The van der Waals surface area contributed by atoms with Gasteiger partial charge in [-0.3, -0.25) is 19.3 Å². The minimum absolute atomic E-state index is 0.0980. The van der Waals surface area contributed by atoms with Crippen molar-refractivity contribution in [2.45, 2.75) is 38.6 Å². The van der Waals surface area contributed by atoms with Crippen LogP contribution in [0.5, 0.6) is 5.88 Å². The lowest BCUT2D eigenvalue weighted by molar-refractivity contribution is -0.868. The van der Waals surface area contributed by atoms with Crippen LogP contribution in [0.1, 0.15) is 37.7 Å². The van der Waals surface area contributed by atoms with Gasteiger partial charge in [0.15, 0.2) is 4.77 Å². The molecule has 25 heavy (non-hydrogen) atoms. The van der Waals surface area contributed by atoms with E-state index in [1.165, 1.54) is 24.6 Å². The van der Waals surface area contributed by atoms with E-state index in [1.54, 1.807) is 4.57 Å². The van der Waals surface area contributed by atoms with E-state index in [0.717, 1.165) is 30.3 Å². The molecule has 0 bridgehead atoms. The van der Waals surface area contributed by atoms with Crippen molar-refractivity contribution >= 4 is 18.4 Å². The highest BCUT2D eigenvalue weighted by molar-refractivity contribution is 7.71. The fraction of sp³-hybridized carbons (Fsp3) is 0.611. The van der Waals surface area contributed by atoms with Crippen molar-refractivity contribution in [1.82, 2.24) is 9.55 Å². The Labute approximate surface area is 154 Å². The number of quaternary nitrogens is 1. The SMILES string of the molecule is C[N+](C)(C)CCN=Cc1c(O)n(CCC2=CCCCC2)c(=S)[nH]c1=O. The van der Waals surface area contributed by atoms with Crippen molar-refractivity contribution in [3.63, 3.8) is 0 Å². The molecule has 0 saturated heterocycles. The molecule has 1 aliphatic carbocycles. The molecule has 1 aromatic heterocycles. The molecule has 0 aliphatic heterocycles. The standard InChI is InChI=1S/C18H28N4O2S/c1-22(2,3)12-10-19-13-15-16(23)20-18(25)21(17(15)24)11-9-14-7-5-4-6-8-14/h7,13H,4-6,8-12H2,1-3H3,(H-,19,20,23,24,25)/p+1. The van der Waals surface area contributed by atoms with Crippen LogP contribution in [0.4, 0.5) is 0 Å². The Hall–Kier alpha value is -1.73. The number of aliphatic imine (C=N–C) groups is 1. The molecular weight excluding hydrogens is 336 g/mol. The number of aromatic nitrogens is 2. The second-order valence-electron chi connectivity index (χ2n) is 7.56. The number of allylic oxidation sites excluding steroid dienone is 2. The summed E-state index contributed by atoms with van der Waals surface area (Å²) in [5.74, 6) is -0.0980. The third-order valence-corrected chi connectivity index (χ3v) is 4.69. The summed E-state index contributed by atoms with van der Waals surface area (Å²) >= 11 is 5.22.